The molecular formula is C25H29F3N4O2. The quantitative estimate of drug-likeness (QED) is 0.627. The molecule has 0 atom stereocenters. The molecule has 7 rings (SSSR count). The van der Waals surface area contributed by atoms with Gasteiger partial charge in [-0.05, 0) is 82.6 Å². The monoisotopic (exact) mass is 474 g/mol. The Bertz CT molecular complexity index is 1160. The molecule has 2 aromatic heterocycles. The number of amides is 1. The van der Waals surface area contributed by atoms with E-state index in [2.05, 4.69) is 5.10 Å². The van der Waals surface area contributed by atoms with Crippen LogP contribution in [0.3, 0.4) is 0 Å². The van der Waals surface area contributed by atoms with Crippen LogP contribution in [0.25, 0.3) is 5.65 Å². The number of likely N-dealkylation sites (tertiary alicyclic amines) is 1. The lowest BCUT2D eigenvalue weighted by molar-refractivity contribution is -0.142. The lowest BCUT2D eigenvalue weighted by Crippen LogP contribution is -2.56. The zero-order valence-corrected chi connectivity index (χ0v) is 19.5. The van der Waals surface area contributed by atoms with E-state index in [4.69, 9.17) is 4.98 Å². The number of rotatable bonds is 2. The number of piperidine rings is 1. The molecule has 1 saturated heterocycles. The van der Waals surface area contributed by atoms with E-state index in [1.54, 1.807) is 13.8 Å². The Morgan fingerprint density at radius 3 is 2.26 bits per heavy atom. The largest absolute Gasteiger partial charge is 0.433 e. The molecule has 1 aliphatic heterocycles. The molecule has 0 radical (unpaired) electrons. The van der Waals surface area contributed by atoms with E-state index in [0.717, 1.165) is 23.8 Å². The Kier molecular flexibility index (Phi) is 4.56. The number of ketones is 1. The predicted octanol–water partition coefficient (Wildman–Crippen LogP) is 4.80. The number of fused-ring (bicyclic) bond motifs is 1. The van der Waals surface area contributed by atoms with Gasteiger partial charge >= 0.3 is 6.18 Å². The number of carbonyl (C=O) groups excluding carboxylic acids is 2. The van der Waals surface area contributed by atoms with Crippen LogP contribution in [0.1, 0.15) is 87.1 Å². The van der Waals surface area contributed by atoms with Crippen LogP contribution in [0.4, 0.5) is 13.2 Å². The van der Waals surface area contributed by atoms with Crippen molar-refractivity contribution in [2.75, 3.05) is 6.54 Å². The fourth-order valence-electron chi connectivity index (χ4n) is 7.60. The van der Waals surface area contributed by atoms with Gasteiger partial charge in [-0.2, -0.15) is 18.3 Å². The van der Waals surface area contributed by atoms with Gasteiger partial charge in [-0.25, -0.2) is 9.50 Å². The van der Waals surface area contributed by atoms with Gasteiger partial charge in [-0.1, -0.05) is 0 Å². The third-order valence-electron chi connectivity index (χ3n) is 8.91. The summed E-state index contributed by atoms with van der Waals surface area (Å²) >= 11 is 0. The van der Waals surface area contributed by atoms with Crippen molar-refractivity contribution in [2.45, 2.75) is 82.3 Å². The summed E-state index contributed by atoms with van der Waals surface area (Å²) in [7, 11) is 0. The number of hydrogen-bond donors (Lipinski definition) is 0. The van der Waals surface area contributed by atoms with Crippen molar-refractivity contribution < 1.29 is 22.8 Å². The first kappa shape index (κ1) is 22.0. The molecule has 4 aliphatic carbocycles. The first-order valence-corrected chi connectivity index (χ1v) is 12.3. The van der Waals surface area contributed by atoms with E-state index in [1.165, 1.54) is 36.3 Å². The topological polar surface area (TPSA) is 67.6 Å². The summed E-state index contributed by atoms with van der Waals surface area (Å²) in [5.41, 5.74) is -1.79. The fourth-order valence-corrected chi connectivity index (χ4v) is 7.60. The Hall–Kier alpha value is -2.45. The lowest BCUT2D eigenvalue weighted by atomic mass is 9.49. The zero-order chi connectivity index (χ0) is 24.0. The van der Waals surface area contributed by atoms with Gasteiger partial charge in [-0.15, -0.1) is 0 Å². The molecule has 9 heteroatoms. The molecule has 4 saturated carbocycles. The minimum absolute atomic E-state index is 0.0464. The second kappa shape index (κ2) is 7.04. The van der Waals surface area contributed by atoms with Crippen LogP contribution < -0.4 is 0 Å². The standard InChI is InChI=1S/C25H29F3N4O2/c1-23(2)20(33)4-3-5-31(23)22(34)17-9-21-29-18(10-19(25(26,27)28)32(21)30-17)24-11-14-6-15(12-24)8-16(7-14)13-24/h9-10,14-16H,3-8,11-13H2,1-2H3. The number of nitrogens with zero attached hydrogens (tertiary/aromatic N) is 4. The Morgan fingerprint density at radius 1 is 1.06 bits per heavy atom. The summed E-state index contributed by atoms with van der Waals surface area (Å²) in [5.74, 6) is 1.11. The van der Waals surface area contributed by atoms with Gasteiger partial charge in [0.15, 0.2) is 17.1 Å². The number of aromatic nitrogens is 3. The second-order valence-electron chi connectivity index (χ2n) is 11.6. The Labute approximate surface area is 195 Å². The van der Waals surface area contributed by atoms with E-state index in [9.17, 15) is 22.8 Å². The highest BCUT2D eigenvalue weighted by molar-refractivity contribution is 5.99. The predicted molar refractivity (Wildman–Crippen MR) is 117 cm³/mol. The smallest absolute Gasteiger partial charge is 0.325 e. The zero-order valence-electron chi connectivity index (χ0n) is 19.5. The third kappa shape index (κ3) is 3.22. The van der Waals surface area contributed by atoms with Crippen molar-refractivity contribution in [3.05, 3.63) is 29.2 Å². The molecule has 182 valence electrons. The summed E-state index contributed by atoms with van der Waals surface area (Å²) in [6.45, 7) is 3.71. The van der Waals surface area contributed by atoms with Gasteiger partial charge < -0.3 is 4.90 Å². The molecule has 6 nitrogen and oxygen atoms in total. The van der Waals surface area contributed by atoms with Crippen molar-refractivity contribution in [2.24, 2.45) is 17.8 Å². The summed E-state index contributed by atoms with van der Waals surface area (Å²) in [6, 6.07) is 2.53. The lowest BCUT2D eigenvalue weighted by Gasteiger charge is -2.56. The Morgan fingerprint density at radius 2 is 1.68 bits per heavy atom. The molecule has 3 heterocycles. The number of alkyl halides is 3. The number of carbonyl (C=O) groups is 2. The van der Waals surface area contributed by atoms with E-state index in [1.807, 2.05) is 0 Å². The average Bonchev–Trinajstić information content (AvgIpc) is 3.17. The molecule has 0 aromatic carbocycles. The molecule has 1 amide bonds. The van der Waals surface area contributed by atoms with Gasteiger partial charge in [0, 0.05) is 24.4 Å². The number of halogens is 3. The van der Waals surface area contributed by atoms with Crippen molar-refractivity contribution >= 4 is 17.3 Å². The van der Waals surface area contributed by atoms with Crippen molar-refractivity contribution in [1.82, 2.24) is 19.5 Å². The molecule has 2 aromatic rings. The molecule has 5 fully saturated rings. The summed E-state index contributed by atoms with van der Waals surface area (Å²) < 4.78 is 43.3. The van der Waals surface area contributed by atoms with E-state index in [-0.39, 0.29) is 22.5 Å². The first-order valence-electron chi connectivity index (χ1n) is 12.3. The van der Waals surface area contributed by atoms with Crippen molar-refractivity contribution in [3.8, 4) is 0 Å². The van der Waals surface area contributed by atoms with Crippen molar-refractivity contribution in [1.29, 1.82) is 0 Å². The van der Waals surface area contributed by atoms with Crippen molar-refractivity contribution in [3.63, 3.8) is 0 Å². The third-order valence-corrected chi connectivity index (χ3v) is 8.91. The maximum Gasteiger partial charge on any atom is 0.433 e. The highest BCUT2D eigenvalue weighted by atomic mass is 19.4. The summed E-state index contributed by atoms with van der Waals surface area (Å²) in [4.78, 5) is 31.8. The molecule has 4 bridgehead atoms. The van der Waals surface area contributed by atoms with Crippen LogP contribution in [-0.4, -0.2) is 43.3 Å². The van der Waals surface area contributed by atoms with E-state index >= 15 is 0 Å². The van der Waals surface area contributed by atoms with Gasteiger partial charge in [0.2, 0.25) is 0 Å². The van der Waals surface area contributed by atoms with Crippen LogP contribution in [0.2, 0.25) is 0 Å². The van der Waals surface area contributed by atoms with Crippen LogP contribution in [-0.2, 0) is 16.4 Å². The highest BCUT2D eigenvalue weighted by Crippen LogP contribution is 2.60. The van der Waals surface area contributed by atoms with Crippen LogP contribution in [0.5, 0.6) is 0 Å². The van der Waals surface area contributed by atoms with Gasteiger partial charge in [-0.3, -0.25) is 9.59 Å². The van der Waals surface area contributed by atoms with Crippen LogP contribution in [0, 0.1) is 17.8 Å². The SMILES string of the molecule is CC1(C)C(=O)CCCN1C(=O)c1cc2nc(C34CC5CC(CC(C5)C3)C4)cc(C(F)(F)F)n2n1. The first-order chi connectivity index (χ1) is 16.0. The number of hydrogen-bond acceptors (Lipinski definition) is 4. The molecular weight excluding hydrogens is 445 g/mol. The summed E-state index contributed by atoms with van der Waals surface area (Å²) in [5, 5.41) is 4.06. The molecule has 0 spiro atoms. The minimum Gasteiger partial charge on any atom is -0.325 e. The van der Waals surface area contributed by atoms with Crippen LogP contribution in [0.15, 0.2) is 12.1 Å². The highest BCUT2D eigenvalue weighted by Gasteiger charge is 2.53. The molecule has 5 aliphatic rings. The fraction of sp³-hybridized carbons (Fsp3) is 0.680. The normalized spacial score (nSPS) is 32.6. The molecule has 0 unspecified atom stereocenters. The summed E-state index contributed by atoms with van der Waals surface area (Å²) in [6.07, 6.45) is 2.51. The van der Waals surface area contributed by atoms with Crippen LogP contribution >= 0.6 is 0 Å². The minimum atomic E-state index is -4.63. The van der Waals surface area contributed by atoms with E-state index in [0.29, 0.717) is 42.8 Å². The van der Waals surface area contributed by atoms with Gasteiger partial charge in [0.25, 0.3) is 5.91 Å². The molecule has 0 N–H and O–H groups in total. The maximum absolute atomic E-state index is 14.2. The van der Waals surface area contributed by atoms with E-state index < -0.39 is 23.3 Å². The molecule has 34 heavy (non-hydrogen) atoms. The van der Waals surface area contributed by atoms with Gasteiger partial charge in [0.05, 0.1) is 11.2 Å². The number of Topliss-reactive ketones (excluding diaryl/α,β-unsaturated/α-hetero) is 1. The second-order valence-corrected chi connectivity index (χ2v) is 11.6. The Balaban J connectivity index is 1.45. The average molecular weight is 475 g/mol. The maximum atomic E-state index is 14.2. The van der Waals surface area contributed by atoms with Gasteiger partial charge in [0.1, 0.15) is 5.69 Å².